The highest BCUT2D eigenvalue weighted by Crippen LogP contribution is 2.50. The van der Waals surface area contributed by atoms with E-state index in [1.54, 1.807) is 69.9 Å². The Kier molecular flexibility index (Phi) is 15.8. The van der Waals surface area contributed by atoms with Crippen LogP contribution < -0.4 is 29.4 Å². The van der Waals surface area contributed by atoms with Gasteiger partial charge in [-0.1, -0.05) is 48.5 Å². The number of hydrogen-bond acceptors (Lipinski definition) is 12. The van der Waals surface area contributed by atoms with Crippen LogP contribution in [-0.4, -0.2) is 56.6 Å². The van der Waals surface area contributed by atoms with Crippen molar-refractivity contribution in [3.63, 3.8) is 0 Å². The molecule has 6 aromatic rings. The van der Waals surface area contributed by atoms with E-state index >= 15 is 0 Å². The Balaban J connectivity index is 0.000000211. The molecular formula is C44H36Br2N4O9. The van der Waals surface area contributed by atoms with E-state index in [2.05, 4.69) is 42.8 Å². The van der Waals surface area contributed by atoms with E-state index in [-0.39, 0.29) is 35.2 Å². The summed E-state index contributed by atoms with van der Waals surface area (Å²) < 4.78 is 28.2. The summed E-state index contributed by atoms with van der Waals surface area (Å²) in [6, 6.07) is 29.9. The Morgan fingerprint density at radius 2 is 1.27 bits per heavy atom. The molecule has 0 spiro atoms. The number of methoxy groups -OCH3 is 4. The molecule has 13 nitrogen and oxygen atoms in total. The molecule has 0 amide bonds. The van der Waals surface area contributed by atoms with Crippen LogP contribution in [0.25, 0.3) is 26.4 Å². The van der Waals surface area contributed by atoms with Crippen molar-refractivity contribution >= 4 is 59.7 Å². The van der Waals surface area contributed by atoms with Gasteiger partial charge >= 0.3 is 0 Å². The second kappa shape index (κ2) is 20.9. The average Bonchev–Trinajstić information content (AvgIpc) is 3.25. The Labute approximate surface area is 356 Å². The summed E-state index contributed by atoms with van der Waals surface area (Å²) in [5.74, 6) is 2.68. The van der Waals surface area contributed by atoms with E-state index < -0.39 is 5.92 Å². The van der Waals surface area contributed by atoms with Gasteiger partial charge in [-0.2, -0.15) is 10.5 Å². The highest BCUT2D eigenvalue weighted by Gasteiger charge is 2.33. The Morgan fingerprint density at radius 3 is 1.73 bits per heavy atom. The zero-order valence-corrected chi connectivity index (χ0v) is 35.2. The molecule has 1 heterocycles. The number of phenolic OH excluding ortho intramolecular Hbond substituents is 3. The van der Waals surface area contributed by atoms with Crippen molar-refractivity contribution in [2.24, 2.45) is 5.73 Å². The second-order valence-corrected chi connectivity index (χ2v) is 13.7. The highest BCUT2D eigenvalue weighted by atomic mass is 79.9. The van der Waals surface area contributed by atoms with Gasteiger partial charge in [0.05, 0.1) is 43.3 Å². The van der Waals surface area contributed by atoms with Crippen LogP contribution in [0.1, 0.15) is 27.4 Å². The molecule has 1 unspecified atom stereocenters. The topological polar surface area (TPSA) is 202 Å². The van der Waals surface area contributed by atoms with Crippen molar-refractivity contribution in [3.05, 3.63) is 140 Å². The summed E-state index contributed by atoms with van der Waals surface area (Å²) in [5.41, 5.74) is 8.32. The number of phenols is 3. The minimum atomic E-state index is -0.546. The van der Waals surface area contributed by atoms with Gasteiger partial charge in [-0.25, -0.2) is 6.57 Å². The SMILES string of the molecule is COc1cc(C2C(C#N)=C(N)Oc3c2cc(O)c2ccccc32)cc(Br)c1OC.COc1cc(C=O)cc(Br)c1OC.Oc1ccc(O)c2ccccc12.[C-]#[N+]CC#N. The van der Waals surface area contributed by atoms with Gasteiger partial charge in [0.25, 0.3) is 6.54 Å². The number of allylic oxidation sites excluding steroid dienone is 1. The third kappa shape index (κ3) is 10.1. The number of ether oxygens (including phenoxy) is 5. The van der Waals surface area contributed by atoms with Crippen molar-refractivity contribution in [1.82, 2.24) is 0 Å². The zero-order valence-electron chi connectivity index (χ0n) is 32.0. The largest absolute Gasteiger partial charge is 0.507 e. The molecule has 7 rings (SSSR count). The van der Waals surface area contributed by atoms with Crippen LogP contribution in [0.5, 0.6) is 46.0 Å². The molecule has 0 fully saturated rings. The van der Waals surface area contributed by atoms with E-state index in [1.165, 1.54) is 19.2 Å². The maximum absolute atomic E-state index is 10.6. The van der Waals surface area contributed by atoms with Gasteiger partial charge in [-0.15, -0.1) is 0 Å². The van der Waals surface area contributed by atoms with Crippen molar-refractivity contribution in [1.29, 1.82) is 10.5 Å². The van der Waals surface area contributed by atoms with Gasteiger partial charge in [0.15, 0.2) is 23.0 Å². The molecule has 0 aliphatic carbocycles. The first-order chi connectivity index (χ1) is 28.4. The third-order valence-electron chi connectivity index (χ3n) is 8.61. The highest BCUT2D eigenvalue weighted by molar-refractivity contribution is 9.11. The molecule has 6 aromatic carbocycles. The van der Waals surface area contributed by atoms with Gasteiger partial charge in [0.2, 0.25) is 5.88 Å². The van der Waals surface area contributed by atoms with Gasteiger partial charge in [-0.05, 0) is 79.9 Å². The average molecular weight is 925 g/mol. The van der Waals surface area contributed by atoms with Crippen LogP contribution in [0.15, 0.2) is 111 Å². The van der Waals surface area contributed by atoms with E-state index in [9.17, 15) is 25.4 Å². The lowest BCUT2D eigenvalue weighted by atomic mass is 9.82. The molecule has 5 N–H and O–H groups in total. The monoisotopic (exact) mass is 922 g/mol. The maximum atomic E-state index is 10.6. The number of nitrogens with two attached hydrogens (primary N) is 1. The number of benzene rings is 6. The minimum Gasteiger partial charge on any atom is -0.507 e. The smallest absolute Gasteiger partial charge is 0.298 e. The van der Waals surface area contributed by atoms with Gasteiger partial charge in [0, 0.05) is 32.7 Å². The molecular weight excluding hydrogens is 888 g/mol. The molecule has 300 valence electrons. The number of aldehydes is 1. The number of carbonyl (C=O) groups is 1. The normalized spacial score (nSPS) is 12.2. The third-order valence-corrected chi connectivity index (χ3v) is 9.79. The van der Waals surface area contributed by atoms with Crippen LogP contribution >= 0.6 is 31.9 Å². The number of hydrogen-bond donors (Lipinski definition) is 4. The number of carbonyl (C=O) groups excluding carboxylic acids is 1. The summed E-state index contributed by atoms with van der Waals surface area (Å²) in [5, 5.41) is 49.5. The van der Waals surface area contributed by atoms with Crippen LogP contribution in [0.4, 0.5) is 0 Å². The number of nitrogens with zero attached hydrogens (tertiary/aromatic N) is 3. The lowest BCUT2D eigenvalue weighted by Gasteiger charge is -2.28. The van der Waals surface area contributed by atoms with Crippen molar-refractivity contribution in [3.8, 4) is 58.1 Å². The van der Waals surface area contributed by atoms with Gasteiger partial charge in [0.1, 0.15) is 47.0 Å². The van der Waals surface area contributed by atoms with Crippen LogP contribution in [0, 0.1) is 29.2 Å². The summed E-state index contributed by atoms with van der Waals surface area (Å²) in [4.78, 5) is 13.3. The summed E-state index contributed by atoms with van der Waals surface area (Å²) in [6.07, 6.45) is 0.757. The standard InChI is InChI=1S/C22H17BrN2O4.C10H8O2.C9H9BrO3.C3H2N2/c1-27-18-8-11(7-16(23)21(18)28-2)19-14-9-17(26)12-5-3-4-6-13(12)20(14)29-22(25)15(19)10-24;11-9-5-6-10(12)8-4-2-1-3-7(8)9;1-12-8-4-6(5-11)3-7(10)9(8)13-2;1-5-3-2-4/h3-9,19,26H,25H2,1-2H3;1-6,11-12H;3-5H,1-2H3;3H2. The predicted octanol–water partition coefficient (Wildman–Crippen LogP) is 9.50. The molecule has 0 bridgehead atoms. The summed E-state index contributed by atoms with van der Waals surface area (Å²) in [7, 11) is 6.16. The van der Waals surface area contributed by atoms with E-state index in [1.807, 2.05) is 36.4 Å². The Bertz CT molecular complexity index is 2610. The van der Waals surface area contributed by atoms with Crippen LogP contribution in [-0.2, 0) is 0 Å². The molecule has 15 heteroatoms. The lowest BCUT2D eigenvalue weighted by molar-refractivity contribution is 0.112. The van der Waals surface area contributed by atoms with Gasteiger partial charge in [-0.3, -0.25) is 4.79 Å². The minimum absolute atomic E-state index is 0.0139. The zero-order chi connectivity index (χ0) is 43.2. The fraction of sp³-hybridized carbons (Fsp3) is 0.136. The Hall–Kier alpha value is -7.12. The van der Waals surface area contributed by atoms with Crippen molar-refractivity contribution in [2.75, 3.05) is 35.0 Å². The fourth-order valence-corrected chi connectivity index (χ4v) is 7.26. The molecule has 0 saturated carbocycles. The molecule has 1 aliphatic rings. The maximum Gasteiger partial charge on any atom is 0.298 e. The first-order valence-electron chi connectivity index (χ1n) is 17.1. The number of aromatic hydroxyl groups is 3. The fourth-order valence-electron chi connectivity index (χ4n) is 6.02. The number of fused-ring (bicyclic) bond motifs is 4. The predicted molar refractivity (Wildman–Crippen MR) is 229 cm³/mol. The molecule has 1 aliphatic heterocycles. The van der Waals surface area contributed by atoms with E-state index in [0.29, 0.717) is 70.4 Å². The Morgan fingerprint density at radius 1 is 0.763 bits per heavy atom. The number of rotatable bonds is 6. The molecule has 0 radical (unpaired) electrons. The molecule has 0 saturated heterocycles. The van der Waals surface area contributed by atoms with Crippen LogP contribution in [0.2, 0.25) is 0 Å². The van der Waals surface area contributed by atoms with Crippen molar-refractivity contribution < 1.29 is 43.8 Å². The summed E-state index contributed by atoms with van der Waals surface area (Å²) in [6.45, 7) is 5.99. The van der Waals surface area contributed by atoms with Gasteiger partial charge < -0.3 is 49.6 Å². The van der Waals surface area contributed by atoms with Crippen molar-refractivity contribution in [2.45, 2.75) is 5.92 Å². The second-order valence-electron chi connectivity index (χ2n) is 12.0. The van der Waals surface area contributed by atoms with E-state index in [0.717, 1.165) is 11.8 Å². The number of nitriles is 2. The van der Waals surface area contributed by atoms with Crippen LogP contribution in [0.3, 0.4) is 0 Å². The van der Waals surface area contributed by atoms with E-state index in [4.69, 9.17) is 41.3 Å². The summed E-state index contributed by atoms with van der Waals surface area (Å²) >= 11 is 6.78. The lowest BCUT2D eigenvalue weighted by Crippen LogP contribution is -2.21. The first-order valence-corrected chi connectivity index (χ1v) is 18.7. The molecule has 59 heavy (non-hydrogen) atoms. The quantitative estimate of drug-likeness (QED) is 0.0534. The molecule has 1 atom stereocenters. The molecule has 0 aromatic heterocycles. The number of halogens is 2. The first kappa shape index (κ1) is 44.6.